The van der Waals surface area contributed by atoms with E-state index in [2.05, 4.69) is 122 Å². The Labute approximate surface area is 194 Å². The van der Waals surface area contributed by atoms with Crippen LogP contribution in [0.15, 0.2) is 97.1 Å². The molecule has 1 aromatic heterocycles. The lowest BCUT2D eigenvalue weighted by Crippen LogP contribution is -2.49. The summed E-state index contributed by atoms with van der Waals surface area (Å²) in [6.45, 7) is 4.97. The van der Waals surface area contributed by atoms with Crippen molar-refractivity contribution in [3.05, 3.63) is 97.1 Å². The van der Waals surface area contributed by atoms with Gasteiger partial charge in [0, 0.05) is 28.9 Å². The van der Waals surface area contributed by atoms with E-state index in [1.165, 1.54) is 54.8 Å². The molecular formula is C31H25NSi. The van der Waals surface area contributed by atoms with Crippen molar-refractivity contribution in [2.45, 2.75) is 13.1 Å². The maximum Gasteiger partial charge on any atom is 0.113 e. The lowest BCUT2D eigenvalue weighted by Gasteiger charge is -2.19. The minimum atomic E-state index is -1.67. The molecule has 1 aliphatic rings. The second-order valence-corrected chi connectivity index (χ2v) is 14.3. The van der Waals surface area contributed by atoms with E-state index in [1.54, 1.807) is 10.4 Å². The minimum absolute atomic E-state index is 1.28. The molecule has 0 amide bonds. The number of nitrogens with zero attached hydrogens (tertiary/aromatic N) is 1. The smallest absolute Gasteiger partial charge is 0.113 e. The molecule has 1 nitrogen and oxygen atoms in total. The Morgan fingerprint density at radius 2 is 1.18 bits per heavy atom. The normalized spacial score (nSPS) is 14.2. The summed E-state index contributed by atoms with van der Waals surface area (Å²) in [5.74, 6) is 0. The monoisotopic (exact) mass is 439 g/mol. The van der Waals surface area contributed by atoms with Gasteiger partial charge in [0.1, 0.15) is 8.07 Å². The van der Waals surface area contributed by atoms with Crippen LogP contribution in [0.1, 0.15) is 0 Å². The molecule has 158 valence electrons. The predicted octanol–water partition coefficient (Wildman–Crippen LogP) is 6.95. The molecular weight excluding hydrogens is 414 g/mol. The fourth-order valence-electron chi connectivity index (χ4n) is 5.96. The lowest BCUT2D eigenvalue weighted by molar-refractivity contribution is 1.02. The fraction of sp³-hybridized carbons (Fsp3) is 0.0968. The van der Waals surface area contributed by atoms with Gasteiger partial charge in [-0.25, -0.2) is 0 Å². The number of aryl methyl sites for hydroxylation is 1. The number of fused-ring (bicyclic) bond motifs is 7. The number of rotatable bonds is 1. The summed E-state index contributed by atoms with van der Waals surface area (Å²) in [6.07, 6.45) is 0. The molecule has 0 atom stereocenters. The van der Waals surface area contributed by atoms with Gasteiger partial charge in [-0.2, -0.15) is 0 Å². The van der Waals surface area contributed by atoms with Crippen LogP contribution in [0.4, 0.5) is 0 Å². The molecule has 33 heavy (non-hydrogen) atoms. The van der Waals surface area contributed by atoms with Crippen molar-refractivity contribution >= 4 is 51.0 Å². The van der Waals surface area contributed by atoms with Crippen molar-refractivity contribution in [2.24, 2.45) is 7.05 Å². The van der Waals surface area contributed by atoms with Gasteiger partial charge in [0.05, 0.1) is 0 Å². The largest absolute Gasteiger partial charge is 0.344 e. The van der Waals surface area contributed by atoms with Gasteiger partial charge < -0.3 is 4.57 Å². The van der Waals surface area contributed by atoms with Gasteiger partial charge in [-0.3, -0.25) is 0 Å². The van der Waals surface area contributed by atoms with E-state index in [0.29, 0.717) is 0 Å². The quantitative estimate of drug-likeness (QED) is 0.244. The van der Waals surface area contributed by atoms with Crippen molar-refractivity contribution in [2.75, 3.05) is 0 Å². The van der Waals surface area contributed by atoms with Crippen molar-refractivity contribution in [3.63, 3.8) is 0 Å². The number of benzene rings is 5. The van der Waals surface area contributed by atoms with Gasteiger partial charge in [0.15, 0.2) is 0 Å². The second-order valence-electron chi connectivity index (χ2n) is 9.94. The zero-order valence-electron chi connectivity index (χ0n) is 19.2. The SMILES string of the molecule is Cn1c2ccc(-c3ccc4c(c3)[Si](C)(C)c3ccccc3-4)cc2c2cc3ccccc3cc21. The maximum atomic E-state index is 2.49. The highest BCUT2D eigenvalue weighted by Crippen LogP contribution is 2.36. The molecule has 6 aromatic rings. The molecule has 0 aliphatic carbocycles. The van der Waals surface area contributed by atoms with E-state index < -0.39 is 8.07 Å². The highest BCUT2D eigenvalue weighted by molar-refractivity contribution is 7.03. The summed E-state index contributed by atoms with van der Waals surface area (Å²) >= 11 is 0. The molecule has 0 bridgehead atoms. The van der Waals surface area contributed by atoms with Gasteiger partial charge in [-0.1, -0.05) is 85.9 Å². The zero-order valence-corrected chi connectivity index (χ0v) is 20.2. The van der Waals surface area contributed by atoms with Crippen LogP contribution in [0, 0.1) is 0 Å². The van der Waals surface area contributed by atoms with Crippen LogP contribution in [0.5, 0.6) is 0 Å². The first kappa shape index (κ1) is 18.9. The molecule has 0 radical (unpaired) electrons. The van der Waals surface area contributed by atoms with E-state index in [0.717, 1.165) is 0 Å². The van der Waals surface area contributed by atoms with E-state index in [4.69, 9.17) is 0 Å². The molecule has 5 aromatic carbocycles. The molecule has 0 spiro atoms. The highest BCUT2D eigenvalue weighted by Gasteiger charge is 2.37. The topological polar surface area (TPSA) is 4.93 Å². The molecule has 0 N–H and O–H groups in total. The summed E-state index contributed by atoms with van der Waals surface area (Å²) in [5, 5.41) is 8.37. The highest BCUT2D eigenvalue weighted by atomic mass is 28.3. The second kappa shape index (κ2) is 6.46. The van der Waals surface area contributed by atoms with Gasteiger partial charge in [-0.05, 0) is 67.7 Å². The molecule has 0 fully saturated rings. The Morgan fingerprint density at radius 1 is 0.545 bits per heavy atom. The summed E-state index contributed by atoms with van der Waals surface area (Å²) in [5.41, 5.74) is 8.07. The Kier molecular flexibility index (Phi) is 3.70. The van der Waals surface area contributed by atoms with Crippen molar-refractivity contribution in [1.82, 2.24) is 4.57 Å². The minimum Gasteiger partial charge on any atom is -0.344 e. The number of hydrogen-bond donors (Lipinski definition) is 0. The number of hydrogen-bond acceptors (Lipinski definition) is 0. The van der Waals surface area contributed by atoms with Crippen LogP contribution in [-0.2, 0) is 7.05 Å². The van der Waals surface area contributed by atoms with E-state index >= 15 is 0 Å². The van der Waals surface area contributed by atoms with Gasteiger partial charge in [0.25, 0.3) is 0 Å². The molecule has 2 heteroatoms. The Balaban J connectivity index is 1.44. The van der Waals surface area contributed by atoms with Gasteiger partial charge in [0.2, 0.25) is 0 Å². The van der Waals surface area contributed by atoms with Crippen molar-refractivity contribution < 1.29 is 0 Å². The molecule has 7 rings (SSSR count). The summed E-state index contributed by atoms with van der Waals surface area (Å²) in [7, 11) is 0.507. The first-order valence-electron chi connectivity index (χ1n) is 11.7. The van der Waals surface area contributed by atoms with E-state index in [9.17, 15) is 0 Å². The Morgan fingerprint density at radius 3 is 2.03 bits per heavy atom. The van der Waals surface area contributed by atoms with Crippen LogP contribution in [-0.4, -0.2) is 12.6 Å². The molecule has 0 saturated heterocycles. The molecule has 2 heterocycles. The van der Waals surface area contributed by atoms with E-state index in [-0.39, 0.29) is 0 Å². The van der Waals surface area contributed by atoms with E-state index in [1.807, 2.05) is 0 Å². The Hall–Kier alpha value is -3.62. The Bertz CT molecular complexity index is 1750. The summed E-state index contributed by atoms with van der Waals surface area (Å²) in [4.78, 5) is 0. The first-order valence-corrected chi connectivity index (χ1v) is 14.7. The molecule has 0 saturated carbocycles. The predicted molar refractivity (Wildman–Crippen MR) is 146 cm³/mol. The van der Waals surface area contributed by atoms with Crippen LogP contribution < -0.4 is 10.4 Å². The zero-order chi connectivity index (χ0) is 22.3. The van der Waals surface area contributed by atoms with Crippen LogP contribution in [0.3, 0.4) is 0 Å². The van der Waals surface area contributed by atoms with Crippen molar-refractivity contribution in [1.29, 1.82) is 0 Å². The average Bonchev–Trinajstić information content (AvgIpc) is 3.25. The summed E-state index contributed by atoms with van der Waals surface area (Å²) in [6, 6.07) is 36.4. The lowest BCUT2D eigenvalue weighted by atomic mass is 9.98. The van der Waals surface area contributed by atoms with Crippen LogP contribution in [0.25, 0.3) is 54.8 Å². The van der Waals surface area contributed by atoms with Gasteiger partial charge >= 0.3 is 0 Å². The third-order valence-electron chi connectivity index (χ3n) is 7.79. The standard InChI is InChI=1S/C31H25NSi/c1-32-28-15-13-22(17-26(28)27-16-20-8-4-5-9-21(20)18-29(27)32)23-12-14-25-24-10-6-7-11-30(24)33(2,3)31(25)19-23/h4-19H,1-3H3. The third-order valence-corrected chi connectivity index (χ3v) is 11.3. The molecule has 1 aliphatic heterocycles. The van der Waals surface area contributed by atoms with Gasteiger partial charge in [-0.15, -0.1) is 0 Å². The third kappa shape index (κ3) is 2.53. The number of aromatic nitrogens is 1. The van der Waals surface area contributed by atoms with Crippen LogP contribution in [0.2, 0.25) is 13.1 Å². The maximum absolute atomic E-state index is 2.49. The average molecular weight is 440 g/mol. The fourth-order valence-corrected chi connectivity index (χ4v) is 9.06. The molecule has 0 unspecified atom stereocenters. The van der Waals surface area contributed by atoms with Crippen molar-refractivity contribution in [3.8, 4) is 22.3 Å². The van der Waals surface area contributed by atoms with Crippen LogP contribution >= 0.6 is 0 Å². The first-order chi connectivity index (χ1) is 16.0. The summed E-state index contributed by atoms with van der Waals surface area (Å²) < 4.78 is 2.33.